The van der Waals surface area contributed by atoms with Gasteiger partial charge in [-0.05, 0) is 51.4 Å². The molecule has 61 heavy (non-hydrogen) atoms. The minimum atomic E-state index is -5.08. The molecule has 0 spiro atoms. The van der Waals surface area contributed by atoms with E-state index in [1.807, 2.05) is 6.08 Å². The van der Waals surface area contributed by atoms with Gasteiger partial charge in [0.25, 0.3) is 0 Å². The Balaban J connectivity index is 2.43. The molecule has 0 radical (unpaired) electrons. The van der Waals surface area contributed by atoms with E-state index in [9.17, 15) is 38.2 Å². The second-order valence-corrected chi connectivity index (χ2v) is 18.1. The maximum atomic E-state index is 13.0. The van der Waals surface area contributed by atoms with Crippen molar-refractivity contribution in [3.8, 4) is 0 Å². The number of hydrogen-bond acceptors (Lipinski definition) is 10. The average Bonchev–Trinajstić information content (AvgIpc) is 3.23. The molecular weight excluding hydrogens is 799 g/mol. The highest BCUT2D eigenvalue weighted by molar-refractivity contribution is 7.80. The van der Waals surface area contributed by atoms with Crippen LogP contribution in [0.4, 0.5) is 0 Å². The van der Waals surface area contributed by atoms with Crippen LogP contribution in [0, 0.1) is 0 Å². The van der Waals surface area contributed by atoms with Crippen LogP contribution in [0.15, 0.2) is 36.5 Å². The van der Waals surface area contributed by atoms with Crippen molar-refractivity contribution < 1.29 is 51.8 Å². The molecule has 0 saturated carbocycles. The number of carbonyl (C=O) groups excluding carboxylic acids is 1. The lowest BCUT2D eigenvalue weighted by atomic mass is 9.99. The van der Waals surface area contributed by atoms with Gasteiger partial charge in [0.2, 0.25) is 5.91 Å². The standard InChI is InChI=1S/C48H89NO11S/c1-3-5-7-9-11-13-15-16-17-18-19-20-21-22-23-24-25-26-28-30-32-34-36-38-44(52)49-41(42(51)37-35-33-31-29-27-14-12-10-8-6-4-2)40-58-48-46(54)47(60-61(55,56)57)45(53)43(39-50)59-48/h19-20,22-23,35,37,41-43,45-48,50-51,53-54H,3-18,21,24-34,36,38-40H2,1-2H3,(H,49,52)(H,55,56,57)/b20-19-,23-22-,37-35+. The van der Waals surface area contributed by atoms with Gasteiger partial charge in [0.15, 0.2) is 6.29 Å². The van der Waals surface area contributed by atoms with Crippen LogP contribution in [0.3, 0.4) is 0 Å². The molecule has 0 aromatic carbocycles. The molecule has 7 atom stereocenters. The summed E-state index contributed by atoms with van der Waals surface area (Å²) in [7, 11) is -5.08. The highest BCUT2D eigenvalue weighted by atomic mass is 32.3. The Hall–Kier alpha value is -1.68. The summed E-state index contributed by atoms with van der Waals surface area (Å²) in [6.07, 6.45) is 37.6. The molecule has 1 aliphatic rings. The lowest BCUT2D eigenvalue weighted by molar-refractivity contribution is -0.298. The number of ether oxygens (including phenoxy) is 2. The monoisotopic (exact) mass is 888 g/mol. The summed E-state index contributed by atoms with van der Waals surface area (Å²) in [6, 6.07) is -0.947. The summed E-state index contributed by atoms with van der Waals surface area (Å²) >= 11 is 0. The molecule has 1 saturated heterocycles. The number of allylic oxidation sites excluding steroid dienone is 5. The number of aliphatic hydroxyl groups is 4. The van der Waals surface area contributed by atoms with E-state index >= 15 is 0 Å². The Morgan fingerprint density at radius 2 is 1.10 bits per heavy atom. The van der Waals surface area contributed by atoms with Crippen molar-refractivity contribution in [1.82, 2.24) is 5.32 Å². The zero-order valence-corrected chi connectivity index (χ0v) is 39.0. The number of hydrogen-bond donors (Lipinski definition) is 6. The first-order valence-corrected chi connectivity index (χ1v) is 25.7. The van der Waals surface area contributed by atoms with Gasteiger partial charge in [-0.15, -0.1) is 0 Å². The van der Waals surface area contributed by atoms with Crippen molar-refractivity contribution >= 4 is 16.3 Å². The minimum Gasteiger partial charge on any atom is -0.394 e. The van der Waals surface area contributed by atoms with Crippen LogP contribution in [-0.2, 0) is 28.9 Å². The van der Waals surface area contributed by atoms with Crippen molar-refractivity contribution in [3.05, 3.63) is 36.5 Å². The first-order valence-electron chi connectivity index (χ1n) is 24.4. The first kappa shape index (κ1) is 57.3. The molecule has 0 aliphatic carbocycles. The quantitative estimate of drug-likeness (QED) is 0.0195. The predicted molar refractivity (Wildman–Crippen MR) is 245 cm³/mol. The Kier molecular flexibility index (Phi) is 36.4. The van der Waals surface area contributed by atoms with Crippen molar-refractivity contribution in [2.75, 3.05) is 13.2 Å². The first-order chi connectivity index (χ1) is 29.5. The van der Waals surface area contributed by atoms with Gasteiger partial charge in [0.1, 0.15) is 24.4 Å². The normalized spacial score (nSPS) is 20.9. The number of amides is 1. The molecule has 0 aromatic heterocycles. The molecule has 12 nitrogen and oxygen atoms in total. The molecule has 0 aromatic rings. The van der Waals surface area contributed by atoms with Gasteiger partial charge in [-0.25, -0.2) is 4.18 Å². The van der Waals surface area contributed by atoms with Crippen molar-refractivity contribution in [2.24, 2.45) is 0 Å². The molecule has 1 rings (SSSR count). The number of aliphatic hydroxyl groups excluding tert-OH is 4. The fraction of sp³-hybridized carbons (Fsp3) is 0.854. The van der Waals surface area contributed by atoms with Crippen molar-refractivity contribution in [1.29, 1.82) is 0 Å². The second kappa shape index (κ2) is 38.8. The number of unbranched alkanes of at least 4 members (excludes halogenated alkanes) is 25. The van der Waals surface area contributed by atoms with Crippen molar-refractivity contribution in [3.63, 3.8) is 0 Å². The van der Waals surface area contributed by atoms with Gasteiger partial charge >= 0.3 is 10.4 Å². The fourth-order valence-corrected chi connectivity index (χ4v) is 8.11. The molecule has 7 unspecified atom stereocenters. The SMILES string of the molecule is CCCCCCCCCCC/C=C\C/C=C\CCCCCCCCCC(=O)NC(COC1OC(CO)C(O)C(OS(=O)(=O)O)C1O)C(O)/C=C/CCCCCCCCCCC. The molecule has 1 heterocycles. The number of nitrogens with one attached hydrogen (secondary N) is 1. The van der Waals surface area contributed by atoms with E-state index in [-0.39, 0.29) is 18.9 Å². The molecule has 1 fully saturated rings. The molecule has 6 N–H and O–H groups in total. The van der Waals surface area contributed by atoms with Crippen molar-refractivity contribution in [2.45, 2.75) is 249 Å². The zero-order valence-electron chi connectivity index (χ0n) is 38.2. The van der Waals surface area contributed by atoms with Crippen LogP contribution in [0.5, 0.6) is 0 Å². The summed E-state index contributed by atoms with van der Waals surface area (Å²) in [5.74, 6) is -0.272. The molecule has 1 aliphatic heterocycles. The lowest BCUT2D eigenvalue weighted by Gasteiger charge is -2.41. The highest BCUT2D eigenvalue weighted by Gasteiger charge is 2.48. The Morgan fingerprint density at radius 3 is 1.56 bits per heavy atom. The predicted octanol–water partition coefficient (Wildman–Crippen LogP) is 9.89. The number of rotatable bonds is 41. The van der Waals surface area contributed by atoms with Gasteiger partial charge in [-0.3, -0.25) is 9.35 Å². The van der Waals surface area contributed by atoms with E-state index in [0.29, 0.717) is 6.42 Å². The summed E-state index contributed by atoms with van der Waals surface area (Å²) in [5.41, 5.74) is 0. The molecule has 358 valence electrons. The van der Waals surface area contributed by atoms with E-state index in [1.165, 1.54) is 122 Å². The number of carbonyl (C=O) groups is 1. The molecule has 13 heteroatoms. The molecular formula is C48H89NO11S. The second-order valence-electron chi connectivity index (χ2n) is 17.0. The van der Waals surface area contributed by atoms with Crippen LogP contribution >= 0.6 is 0 Å². The van der Waals surface area contributed by atoms with Crippen LogP contribution in [0.1, 0.15) is 206 Å². The van der Waals surface area contributed by atoms with Crippen LogP contribution in [-0.4, -0.2) is 95.4 Å². The Labute approximate surface area is 371 Å². The summed E-state index contributed by atoms with van der Waals surface area (Å²) in [6.45, 7) is 3.36. The molecule has 0 bridgehead atoms. The van der Waals surface area contributed by atoms with Gasteiger partial charge in [-0.1, -0.05) is 185 Å². The largest absolute Gasteiger partial charge is 0.397 e. The van der Waals surface area contributed by atoms with Gasteiger partial charge in [0.05, 0.1) is 25.4 Å². The van der Waals surface area contributed by atoms with E-state index in [2.05, 4.69) is 47.7 Å². The summed E-state index contributed by atoms with van der Waals surface area (Å²) in [5, 5.41) is 44.6. The minimum absolute atomic E-state index is 0.259. The van der Waals surface area contributed by atoms with Gasteiger partial charge in [-0.2, -0.15) is 8.42 Å². The maximum Gasteiger partial charge on any atom is 0.397 e. The lowest BCUT2D eigenvalue weighted by Crippen LogP contribution is -2.61. The Morgan fingerprint density at radius 1 is 0.656 bits per heavy atom. The average molecular weight is 888 g/mol. The molecule has 1 amide bonds. The van der Waals surface area contributed by atoms with E-state index < -0.39 is 59.9 Å². The highest BCUT2D eigenvalue weighted by Crippen LogP contribution is 2.26. The van der Waals surface area contributed by atoms with E-state index in [1.54, 1.807) is 6.08 Å². The maximum absolute atomic E-state index is 13.0. The third kappa shape index (κ3) is 31.8. The summed E-state index contributed by atoms with van der Waals surface area (Å²) in [4.78, 5) is 13.0. The third-order valence-corrected chi connectivity index (χ3v) is 11.9. The summed E-state index contributed by atoms with van der Waals surface area (Å²) < 4.78 is 47.6. The van der Waals surface area contributed by atoms with Crippen LogP contribution < -0.4 is 5.32 Å². The van der Waals surface area contributed by atoms with Gasteiger partial charge in [0, 0.05) is 6.42 Å². The van der Waals surface area contributed by atoms with Crippen LogP contribution in [0.2, 0.25) is 0 Å². The fourth-order valence-electron chi connectivity index (χ4n) is 7.60. The smallest absolute Gasteiger partial charge is 0.394 e. The topological polar surface area (TPSA) is 192 Å². The Bertz CT molecular complexity index is 1230. The van der Waals surface area contributed by atoms with E-state index in [0.717, 1.165) is 57.8 Å². The third-order valence-electron chi connectivity index (χ3n) is 11.4. The van der Waals surface area contributed by atoms with Crippen LogP contribution in [0.25, 0.3) is 0 Å². The zero-order chi connectivity index (χ0) is 44.8. The van der Waals surface area contributed by atoms with E-state index in [4.69, 9.17) is 9.47 Å². The van der Waals surface area contributed by atoms with Gasteiger partial charge < -0.3 is 35.2 Å².